The van der Waals surface area contributed by atoms with Crippen LogP contribution in [0.4, 0.5) is 0 Å². The molecular weight excluding hydrogens is 390 g/mol. The second-order valence-corrected chi connectivity index (χ2v) is 7.67. The summed E-state index contributed by atoms with van der Waals surface area (Å²) in [5, 5.41) is 13.5. The Morgan fingerprint density at radius 2 is 2.10 bits per heavy atom. The summed E-state index contributed by atoms with van der Waals surface area (Å²) in [7, 11) is 1.64. The van der Waals surface area contributed by atoms with E-state index in [-0.39, 0.29) is 5.25 Å². The smallest absolute Gasteiger partial charge is 0.239 e. The highest BCUT2D eigenvalue weighted by atomic mass is 32.2. The molecule has 0 N–H and O–H groups in total. The van der Waals surface area contributed by atoms with E-state index >= 15 is 0 Å². The zero-order valence-corrected chi connectivity index (χ0v) is 17.2. The van der Waals surface area contributed by atoms with Gasteiger partial charge in [0.05, 0.1) is 25.2 Å². The van der Waals surface area contributed by atoms with E-state index in [1.807, 2.05) is 54.8 Å². The fourth-order valence-corrected chi connectivity index (χ4v) is 3.72. The predicted molar refractivity (Wildman–Crippen MR) is 108 cm³/mol. The third-order valence-electron chi connectivity index (χ3n) is 4.37. The number of aryl methyl sites for hydroxylation is 1. The van der Waals surface area contributed by atoms with Gasteiger partial charge in [0.2, 0.25) is 5.89 Å². The van der Waals surface area contributed by atoms with Crippen LogP contribution in [-0.2, 0) is 13.0 Å². The van der Waals surface area contributed by atoms with E-state index in [0.717, 1.165) is 34.5 Å². The molecule has 0 spiro atoms. The topological polar surface area (TPSA) is 92.0 Å². The molecule has 0 fully saturated rings. The van der Waals surface area contributed by atoms with Gasteiger partial charge >= 0.3 is 0 Å². The highest BCUT2D eigenvalue weighted by Gasteiger charge is 2.22. The molecule has 4 rings (SSSR count). The van der Waals surface area contributed by atoms with Crippen molar-refractivity contribution in [2.24, 2.45) is 0 Å². The van der Waals surface area contributed by atoms with Gasteiger partial charge in [0.1, 0.15) is 11.5 Å². The first kappa shape index (κ1) is 19.3. The van der Waals surface area contributed by atoms with E-state index in [9.17, 15) is 0 Å². The minimum atomic E-state index is -0.0690. The SMILES string of the molecule is CCc1noc(C(C)Sc2nnc(-c3cccc(OC)c3)n2Cc2ccco2)n1. The van der Waals surface area contributed by atoms with Crippen molar-refractivity contribution in [1.82, 2.24) is 24.9 Å². The Morgan fingerprint density at radius 1 is 1.21 bits per heavy atom. The molecule has 8 nitrogen and oxygen atoms in total. The third-order valence-corrected chi connectivity index (χ3v) is 5.44. The summed E-state index contributed by atoms with van der Waals surface area (Å²) in [5.74, 6) is 3.57. The van der Waals surface area contributed by atoms with Gasteiger partial charge in [0, 0.05) is 12.0 Å². The molecule has 0 amide bonds. The Hall–Kier alpha value is -3.07. The summed E-state index contributed by atoms with van der Waals surface area (Å²) in [4.78, 5) is 4.43. The monoisotopic (exact) mass is 411 g/mol. The van der Waals surface area contributed by atoms with Crippen molar-refractivity contribution in [2.75, 3.05) is 7.11 Å². The van der Waals surface area contributed by atoms with Gasteiger partial charge in [-0.05, 0) is 31.2 Å². The molecule has 1 aromatic carbocycles. The van der Waals surface area contributed by atoms with E-state index in [1.54, 1.807) is 13.4 Å². The second-order valence-electron chi connectivity index (χ2n) is 6.37. The number of methoxy groups -OCH3 is 1. The number of thioether (sulfide) groups is 1. The first-order chi connectivity index (χ1) is 14.2. The van der Waals surface area contributed by atoms with Crippen LogP contribution in [0.1, 0.15) is 36.6 Å². The van der Waals surface area contributed by atoms with Crippen LogP contribution in [0.25, 0.3) is 11.4 Å². The largest absolute Gasteiger partial charge is 0.497 e. The number of hydrogen-bond acceptors (Lipinski definition) is 8. The lowest BCUT2D eigenvalue weighted by Crippen LogP contribution is -2.04. The summed E-state index contributed by atoms with van der Waals surface area (Å²) >= 11 is 1.51. The van der Waals surface area contributed by atoms with Gasteiger partial charge < -0.3 is 13.7 Å². The molecule has 0 aliphatic carbocycles. The molecule has 3 aromatic heterocycles. The molecule has 0 bridgehead atoms. The molecule has 0 aliphatic rings. The number of furan rings is 1. The molecule has 0 saturated heterocycles. The molecule has 0 saturated carbocycles. The van der Waals surface area contributed by atoms with E-state index in [2.05, 4.69) is 20.3 Å². The van der Waals surface area contributed by atoms with Crippen molar-refractivity contribution in [3.05, 3.63) is 60.1 Å². The number of ether oxygens (including phenoxy) is 1. The lowest BCUT2D eigenvalue weighted by atomic mass is 10.2. The van der Waals surface area contributed by atoms with Crippen LogP contribution in [0.15, 0.2) is 56.8 Å². The van der Waals surface area contributed by atoms with Crippen molar-refractivity contribution in [2.45, 2.75) is 37.2 Å². The number of aromatic nitrogens is 5. The maximum Gasteiger partial charge on any atom is 0.239 e. The van der Waals surface area contributed by atoms with Gasteiger partial charge in [0.25, 0.3) is 0 Å². The summed E-state index contributed by atoms with van der Waals surface area (Å²) in [5.41, 5.74) is 0.911. The minimum Gasteiger partial charge on any atom is -0.497 e. The molecule has 3 heterocycles. The lowest BCUT2D eigenvalue weighted by molar-refractivity contribution is 0.375. The Balaban J connectivity index is 1.68. The number of benzene rings is 1. The molecule has 0 radical (unpaired) electrons. The van der Waals surface area contributed by atoms with Crippen molar-refractivity contribution in [1.29, 1.82) is 0 Å². The van der Waals surface area contributed by atoms with E-state index in [4.69, 9.17) is 13.7 Å². The van der Waals surface area contributed by atoms with Crippen LogP contribution < -0.4 is 4.74 Å². The van der Waals surface area contributed by atoms with Crippen LogP contribution in [-0.4, -0.2) is 32.0 Å². The number of rotatable bonds is 8. The minimum absolute atomic E-state index is 0.0690. The van der Waals surface area contributed by atoms with Crippen LogP contribution in [0, 0.1) is 0 Å². The fraction of sp³-hybridized carbons (Fsp3) is 0.300. The van der Waals surface area contributed by atoms with Gasteiger partial charge in [-0.2, -0.15) is 4.98 Å². The molecule has 29 heavy (non-hydrogen) atoms. The summed E-state index contributed by atoms with van der Waals surface area (Å²) in [6, 6.07) is 11.5. The van der Waals surface area contributed by atoms with Crippen molar-refractivity contribution < 1.29 is 13.7 Å². The Kier molecular flexibility index (Phi) is 5.66. The van der Waals surface area contributed by atoms with Gasteiger partial charge in [-0.25, -0.2) is 0 Å². The maximum absolute atomic E-state index is 5.55. The second kappa shape index (κ2) is 8.52. The molecule has 0 aliphatic heterocycles. The highest BCUT2D eigenvalue weighted by molar-refractivity contribution is 7.99. The van der Waals surface area contributed by atoms with Crippen molar-refractivity contribution >= 4 is 11.8 Å². The standard InChI is InChI=1S/C20H21N5O3S/c1-4-17-21-19(28-24-17)13(2)29-20-23-22-18(14-7-5-8-15(11-14)26-3)25(20)12-16-9-6-10-27-16/h5-11,13H,4,12H2,1-3H3. The Morgan fingerprint density at radius 3 is 2.83 bits per heavy atom. The average molecular weight is 411 g/mol. The van der Waals surface area contributed by atoms with Gasteiger partial charge in [-0.1, -0.05) is 36.0 Å². The Bertz CT molecular complexity index is 1070. The van der Waals surface area contributed by atoms with Crippen LogP contribution in [0.3, 0.4) is 0 Å². The van der Waals surface area contributed by atoms with Crippen molar-refractivity contribution in [3.8, 4) is 17.1 Å². The predicted octanol–water partition coefficient (Wildman–Crippen LogP) is 4.39. The van der Waals surface area contributed by atoms with Gasteiger partial charge in [-0.15, -0.1) is 10.2 Å². The first-order valence-corrected chi connectivity index (χ1v) is 10.1. The van der Waals surface area contributed by atoms with Crippen LogP contribution >= 0.6 is 11.8 Å². The molecule has 1 atom stereocenters. The molecule has 1 unspecified atom stereocenters. The molecular formula is C20H21N5O3S. The zero-order valence-electron chi connectivity index (χ0n) is 16.4. The highest BCUT2D eigenvalue weighted by Crippen LogP contribution is 2.35. The van der Waals surface area contributed by atoms with Crippen molar-refractivity contribution in [3.63, 3.8) is 0 Å². The van der Waals surface area contributed by atoms with Crippen LogP contribution in [0.5, 0.6) is 5.75 Å². The quantitative estimate of drug-likeness (QED) is 0.394. The normalized spacial score (nSPS) is 12.2. The number of hydrogen-bond donors (Lipinski definition) is 0. The van der Waals surface area contributed by atoms with Gasteiger partial charge in [-0.3, -0.25) is 4.57 Å². The molecule has 9 heteroatoms. The molecule has 4 aromatic rings. The Labute approximate surface area is 172 Å². The van der Waals surface area contributed by atoms with Gasteiger partial charge in [0.15, 0.2) is 16.8 Å². The van der Waals surface area contributed by atoms with Crippen LogP contribution in [0.2, 0.25) is 0 Å². The summed E-state index contributed by atoms with van der Waals surface area (Å²) in [6.45, 7) is 4.51. The summed E-state index contributed by atoms with van der Waals surface area (Å²) in [6.07, 6.45) is 2.39. The lowest BCUT2D eigenvalue weighted by Gasteiger charge is -2.11. The fourth-order valence-electron chi connectivity index (χ4n) is 2.84. The summed E-state index contributed by atoms with van der Waals surface area (Å²) < 4.78 is 18.3. The molecule has 150 valence electrons. The van der Waals surface area contributed by atoms with E-state index in [0.29, 0.717) is 18.3 Å². The average Bonchev–Trinajstić information content (AvgIpc) is 3.50. The third kappa shape index (κ3) is 4.19. The zero-order chi connectivity index (χ0) is 20.2. The maximum atomic E-state index is 5.55. The van der Waals surface area contributed by atoms with E-state index < -0.39 is 0 Å². The number of nitrogens with zero attached hydrogens (tertiary/aromatic N) is 5. The van der Waals surface area contributed by atoms with E-state index in [1.165, 1.54) is 11.8 Å². The first-order valence-electron chi connectivity index (χ1n) is 9.27.